The summed E-state index contributed by atoms with van der Waals surface area (Å²) in [6.07, 6.45) is 0. The third-order valence-corrected chi connectivity index (χ3v) is 3.48. The normalized spacial score (nSPS) is 23.2. The van der Waals surface area contributed by atoms with Gasteiger partial charge in [0.25, 0.3) is 0 Å². The third kappa shape index (κ3) is 0.868. The Balaban J connectivity index is 3.16. The Morgan fingerprint density at radius 1 is 1.18 bits per heavy atom. The molecule has 7 heteroatoms. The highest BCUT2D eigenvalue weighted by Gasteiger charge is 2.48. The summed E-state index contributed by atoms with van der Waals surface area (Å²) in [6, 6.07) is 0. The van der Waals surface area contributed by atoms with Crippen molar-refractivity contribution in [1.29, 1.82) is 0 Å². The predicted molar refractivity (Wildman–Crippen MR) is 35.4 cm³/mol. The van der Waals surface area contributed by atoms with Gasteiger partial charge in [-0.1, -0.05) is 0 Å². The van der Waals surface area contributed by atoms with Crippen LogP contribution in [0.1, 0.15) is 0 Å². The SMILES string of the molecule is CN1C(=O)C(=O)N(C)P1(=O)O. The zero-order chi connectivity index (χ0) is 8.81. The topological polar surface area (TPSA) is 77.9 Å². The van der Waals surface area contributed by atoms with Crippen molar-refractivity contribution in [2.45, 2.75) is 0 Å². The maximum absolute atomic E-state index is 11.1. The van der Waals surface area contributed by atoms with Crippen LogP contribution >= 0.6 is 7.67 Å². The molecule has 1 rings (SSSR count). The van der Waals surface area contributed by atoms with Gasteiger partial charge in [-0.05, 0) is 0 Å². The molecular weight excluding hydrogens is 171 g/mol. The van der Waals surface area contributed by atoms with Crippen molar-refractivity contribution in [2.75, 3.05) is 14.1 Å². The Morgan fingerprint density at radius 3 is 1.55 bits per heavy atom. The number of rotatable bonds is 0. The molecule has 0 saturated carbocycles. The molecule has 0 aromatic carbocycles. The number of hydrogen-bond donors (Lipinski definition) is 1. The van der Waals surface area contributed by atoms with Gasteiger partial charge < -0.3 is 4.89 Å². The monoisotopic (exact) mass is 178 g/mol. The van der Waals surface area contributed by atoms with Crippen LogP contribution in [0.3, 0.4) is 0 Å². The van der Waals surface area contributed by atoms with Crippen LogP contribution in [0.5, 0.6) is 0 Å². The minimum absolute atomic E-state index is 0.551. The molecule has 1 aliphatic rings. The average molecular weight is 178 g/mol. The molecule has 0 aromatic rings. The molecule has 2 amide bonds. The zero-order valence-corrected chi connectivity index (χ0v) is 6.91. The van der Waals surface area contributed by atoms with E-state index in [4.69, 9.17) is 4.89 Å². The number of carbonyl (C=O) groups is 2. The predicted octanol–water partition coefficient (Wildman–Crippen LogP) is -0.983. The van der Waals surface area contributed by atoms with Crippen LogP contribution < -0.4 is 0 Å². The van der Waals surface area contributed by atoms with Crippen LogP contribution in [0, 0.1) is 0 Å². The van der Waals surface area contributed by atoms with E-state index >= 15 is 0 Å². The first kappa shape index (κ1) is 8.23. The second-order valence-electron chi connectivity index (χ2n) is 2.17. The van der Waals surface area contributed by atoms with Crippen LogP contribution in [0.25, 0.3) is 0 Å². The summed E-state index contributed by atoms with van der Waals surface area (Å²) in [6.45, 7) is 0. The maximum Gasteiger partial charge on any atom is 0.399 e. The Bertz CT molecular complexity index is 251. The minimum atomic E-state index is -3.87. The van der Waals surface area contributed by atoms with E-state index < -0.39 is 19.5 Å². The van der Waals surface area contributed by atoms with E-state index in [1.54, 1.807) is 0 Å². The van der Waals surface area contributed by atoms with Gasteiger partial charge in [-0.25, -0.2) is 13.9 Å². The summed E-state index contributed by atoms with van der Waals surface area (Å²) in [5.41, 5.74) is 0. The van der Waals surface area contributed by atoms with Crippen molar-refractivity contribution in [3.05, 3.63) is 0 Å². The highest BCUT2D eigenvalue weighted by atomic mass is 31.2. The Hall–Kier alpha value is -0.870. The molecule has 0 aromatic heterocycles. The molecule has 1 fully saturated rings. The lowest BCUT2D eigenvalue weighted by Gasteiger charge is -2.16. The van der Waals surface area contributed by atoms with Gasteiger partial charge >= 0.3 is 19.5 Å². The van der Waals surface area contributed by atoms with Crippen molar-refractivity contribution in [2.24, 2.45) is 0 Å². The summed E-state index contributed by atoms with van der Waals surface area (Å²) < 4.78 is 12.2. The molecular formula is C4H7N2O4P. The van der Waals surface area contributed by atoms with Crippen LogP contribution in [0.2, 0.25) is 0 Å². The number of amides is 2. The van der Waals surface area contributed by atoms with Crippen molar-refractivity contribution < 1.29 is 19.0 Å². The Labute approximate surface area is 63.0 Å². The first-order valence-electron chi connectivity index (χ1n) is 2.78. The molecule has 11 heavy (non-hydrogen) atoms. The van der Waals surface area contributed by atoms with Crippen molar-refractivity contribution in [3.8, 4) is 0 Å². The maximum atomic E-state index is 11.1. The third-order valence-electron chi connectivity index (χ3n) is 1.55. The number of likely N-dealkylation sites (N-methyl/N-ethyl adjacent to an activating group) is 2. The van der Waals surface area contributed by atoms with Crippen molar-refractivity contribution >= 4 is 19.5 Å². The Kier molecular flexibility index (Phi) is 1.54. The fourth-order valence-electron chi connectivity index (χ4n) is 0.715. The van der Waals surface area contributed by atoms with Gasteiger partial charge in [0.2, 0.25) is 0 Å². The lowest BCUT2D eigenvalue weighted by atomic mass is 10.6. The number of hydrogen-bond acceptors (Lipinski definition) is 3. The van der Waals surface area contributed by atoms with Gasteiger partial charge in [-0.15, -0.1) is 0 Å². The second-order valence-corrected chi connectivity index (χ2v) is 4.40. The molecule has 1 heterocycles. The quantitative estimate of drug-likeness (QED) is 0.382. The first-order valence-corrected chi connectivity index (χ1v) is 4.35. The molecule has 1 saturated heterocycles. The summed E-state index contributed by atoms with van der Waals surface area (Å²) in [5, 5.41) is 0. The number of carbonyl (C=O) groups excluding carboxylic acids is 2. The van der Waals surface area contributed by atoms with E-state index in [0.29, 0.717) is 9.34 Å². The highest BCUT2D eigenvalue weighted by Crippen LogP contribution is 2.51. The van der Waals surface area contributed by atoms with E-state index in [1.807, 2.05) is 0 Å². The second kappa shape index (κ2) is 2.06. The molecule has 0 aliphatic carbocycles. The Morgan fingerprint density at radius 2 is 1.45 bits per heavy atom. The molecule has 1 aliphatic heterocycles. The smallest absolute Gasteiger partial charge is 0.313 e. The fraction of sp³-hybridized carbons (Fsp3) is 0.500. The van der Waals surface area contributed by atoms with Crippen LogP contribution in [-0.4, -0.2) is 40.1 Å². The molecule has 0 spiro atoms. The van der Waals surface area contributed by atoms with Crippen molar-refractivity contribution in [3.63, 3.8) is 0 Å². The van der Waals surface area contributed by atoms with Gasteiger partial charge in [-0.2, -0.15) is 0 Å². The van der Waals surface area contributed by atoms with Gasteiger partial charge in [-0.3, -0.25) is 9.59 Å². The number of nitrogens with zero attached hydrogens (tertiary/aromatic N) is 2. The summed E-state index contributed by atoms with van der Waals surface area (Å²) in [7, 11) is -1.64. The van der Waals surface area contributed by atoms with E-state index in [-0.39, 0.29) is 0 Å². The molecule has 62 valence electrons. The summed E-state index contributed by atoms with van der Waals surface area (Å²) in [5.74, 6) is -1.89. The van der Waals surface area contributed by atoms with E-state index in [1.165, 1.54) is 0 Å². The van der Waals surface area contributed by atoms with Gasteiger partial charge in [0.05, 0.1) is 0 Å². The molecule has 0 radical (unpaired) electrons. The average Bonchev–Trinajstić information content (AvgIpc) is 2.06. The molecule has 0 bridgehead atoms. The van der Waals surface area contributed by atoms with Crippen LogP contribution in [0.15, 0.2) is 0 Å². The molecule has 1 N–H and O–H groups in total. The standard InChI is InChI=1S/C4H7N2O4P/c1-5-3(7)4(8)6(2)11(5,9)10/h1-2H3,(H,9,10). The minimum Gasteiger partial charge on any atom is -0.313 e. The lowest BCUT2D eigenvalue weighted by molar-refractivity contribution is -0.142. The van der Waals surface area contributed by atoms with Crippen molar-refractivity contribution in [1.82, 2.24) is 9.34 Å². The summed E-state index contributed by atoms with van der Waals surface area (Å²) >= 11 is 0. The van der Waals surface area contributed by atoms with Gasteiger partial charge in [0.1, 0.15) is 0 Å². The molecule has 0 atom stereocenters. The van der Waals surface area contributed by atoms with Gasteiger partial charge in [0.15, 0.2) is 0 Å². The lowest BCUT2D eigenvalue weighted by Crippen LogP contribution is -2.23. The van der Waals surface area contributed by atoms with E-state index in [2.05, 4.69) is 0 Å². The van der Waals surface area contributed by atoms with Gasteiger partial charge in [0, 0.05) is 14.1 Å². The molecule has 6 nitrogen and oxygen atoms in total. The summed E-state index contributed by atoms with van der Waals surface area (Å²) in [4.78, 5) is 30.5. The van der Waals surface area contributed by atoms with Crippen LogP contribution in [-0.2, 0) is 14.2 Å². The van der Waals surface area contributed by atoms with Crippen LogP contribution in [0.4, 0.5) is 0 Å². The first-order chi connectivity index (χ1) is 4.89. The molecule has 0 unspecified atom stereocenters. The fourth-order valence-corrected chi connectivity index (χ4v) is 1.76. The zero-order valence-electron chi connectivity index (χ0n) is 6.01. The largest absolute Gasteiger partial charge is 0.399 e. The highest BCUT2D eigenvalue weighted by molar-refractivity contribution is 7.56. The van der Waals surface area contributed by atoms with E-state index in [0.717, 1.165) is 14.1 Å². The van der Waals surface area contributed by atoms with E-state index in [9.17, 15) is 14.2 Å².